The van der Waals surface area contributed by atoms with Crippen LogP contribution in [-0.4, -0.2) is 30.2 Å². The van der Waals surface area contributed by atoms with Crippen molar-refractivity contribution < 1.29 is 4.39 Å². The summed E-state index contributed by atoms with van der Waals surface area (Å²) in [4.78, 5) is 2.30. The summed E-state index contributed by atoms with van der Waals surface area (Å²) in [5.74, 6) is 0.746. The van der Waals surface area contributed by atoms with Crippen LogP contribution in [-0.2, 0) is 0 Å². The van der Waals surface area contributed by atoms with Gasteiger partial charge in [0.25, 0.3) is 0 Å². The summed E-state index contributed by atoms with van der Waals surface area (Å²) in [5.41, 5.74) is 0. The number of hydrogen-bond acceptors (Lipinski definition) is 1. The van der Waals surface area contributed by atoms with Crippen molar-refractivity contribution in [3.05, 3.63) is 0 Å². The molecule has 1 heterocycles. The second-order valence-electron chi connectivity index (χ2n) is 4.28. The van der Waals surface area contributed by atoms with E-state index >= 15 is 0 Å². The highest BCUT2D eigenvalue weighted by Gasteiger charge is 2.27. The smallest absolute Gasteiger partial charge is 0.105 e. The van der Waals surface area contributed by atoms with Crippen LogP contribution in [0, 0.1) is 5.92 Å². The molecule has 0 aromatic rings. The Morgan fingerprint density at radius 2 is 2.08 bits per heavy atom. The summed E-state index contributed by atoms with van der Waals surface area (Å²) in [6, 6.07) is 0.690. The summed E-state index contributed by atoms with van der Waals surface area (Å²) >= 11 is 0. The van der Waals surface area contributed by atoms with Crippen molar-refractivity contribution in [2.45, 2.75) is 45.7 Å². The lowest BCUT2D eigenvalue weighted by Crippen LogP contribution is -2.47. The molecule has 0 spiro atoms. The summed E-state index contributed by atoms with van der Waals surface area (Å²) in [6.45, 7) is 7.46. The molecule has 0 saturated carbocycles. The van der Waals surface area contributed by atoms with E-state index in [2.05, 4.69) is 25.7 Å². The number of alkyl halides is 1. The quantitative estimate of drug-likeness (QED) is 0.620. The van der Waals surface area contributed by atoms with Gasteiger partial charge < -0.3 is 0 Å². The van der Waals surface area contributed by atoms with Crippen molar-refractivity contribution in [1.82, 2.24) is 4.90 Å². The van der Waals surface area contributed by atoms with E-state index in [1.165, 1.54) is 6.42 Å². The lowest BCUT2D eigenvalue weighted by Gasteiger charge is -2.40. The minimum atomic E-state index is -0.176. The molecule has 1 aliphatic heterocycles. The van der Waals surface area contributed by atoms with Crippen LogP contribution < -0.4 is 0 Å². The molecule has 0 amide bonds. The van der Waals surface area contributed by atoms with Crippen molar-refractivity contribution in [1.29, 1.82) is 0 Å². The molecule has 2 unspecified atom stereocenters. The average Bonchev–Trinajstić information content (AvgIpc) is 2.04. The number of halogens is 1. The third-order valence-electron chi connectivity index (χ3n) is 2.83. The Kier molecular flexibility index (Phi) is 3.51. The number of likely N-dealkylation sites (tertiary alicyclic amines) is 1. The molecular weight excluding hydrogens is 153 g/mol. The SMILES string of the molecule is CC1CCC(CF)N(C(C)C)C1. The number of rotatable bonds is 2. The van der Waals surface area contributed by atoms with Gasteiger partial charge in [0.05, 0.1) is 0 Å². The van der Waals surface area contributed by atoms with Crippen LogP contribution in [0.15, 0.2) is 0 Å². The maximum atomic E-state index is 12.6. The first-order valence-electron chi connectivity index (χ1n) is 4.96. The van der Waals surface area contributed by atoms with Gasteiger partial charge in [0.15, 0.2) is 0 Å². The van der Waals surface area contributed by atoms with Crippen LogP contribution in [0.4, 0.5) is 4.39 Å². The normalized spacial score (nSPS) is 32.8. The summed E-state index contributed by atoms with van der Waals surface area (Å²) in [6.07, 6.45) is 2.23. The van der Waals surface area contributed by atoms with E-state index in [4.69, 9.17) is 0 Å². The second-order valence-corrected chi connectivity index (χ2v) is 4.28. The van der Waals surface area contributed by atoms with Gasteiger partial charge in [-0.05, 0) is 32.6 Å². The fourth-order valence-electron chi connectivity index (χ4n) is 2.04. The van der Waals surface area contributed by atoms with Gasteiger partial charge in [0, 0.05) is 18.6 Å². The molecule has 0 aromatic heterocycles. The standard InChI is InChI=1S/C10H20FN/c1-8(2)12-7-9(3)4-5-10(12)6-11/h8-10H,4-7H2,1-3H3. The van der Waals surface area contributed by atoms with Crippen LogP contribution in [0.2, 0.25) is 0 Å². The lowest BCUT2D eigenvalue weighted by atomic mass is 9.93. The number of nitrogens with zero attached hydrogens (tertiary/aromatic N) is 1. The zero-order valence-electron chi connectivity index (χ0n) is 8.39. The monoisotopic (exact) mass is 173 g/mol. The van der Waals surface area contributed by atoms with E-state index in [0.29, 0.717) is 6.04 Å². The van der Waals surface area contributed by atoms with Crippen molar-refractivity contribution in [3.63, 3.8) is 0 Å². The number of hydrogen-bond donors (Lipinski definition) is 0. The Labute approximate surface area is 74.9 Å². The molecule has 0 aliphatic carbocycles. The predicted molar refractivity (Wildman–Crippen MR) is 50.0 cm³/mol. The molecule has 2 atom stereocenters. The molecule has 0 radical (unpaired) electrons. The topological polar surface area (TPSA) is 3.24 Å². The Balaban J connectivity index is 2.52. The van der Waals surface area contributed by atoms with Gasteiger partial charge in [0.1, 0.15) is 6.67 Å². The summed E-state index contributed by atoms with van der Waals surface area (Å²) < 4.78 is 12.6. The number of piperidine rings is 1. The van der Waals surface area contributed by atoms with Crippen molar-refractivity contribution in [2.24, 2.45) is 5.92 Å². The van der Waals surface area contributed by atoms with E-state index in [0.717, 1.165) is 18.9 Å². The van der Waals surface area contributed by atoms with Crippen LogP contribution in [0.1, 0.15) is 33.6 Å². The maximum absolute atomic E-state index is 12.6. The van der Waals surface area contributed by atoms with Crippen LogP contribution in [0.5, 0.6) is 0 Å². The highest BCUT2D eigenvalue weighted by atomic mass is 19.1. The molecule has 1 saturated heterocycles. The molecule has 72 valence electrons. The minimum Gasteiger partial charge on any atom is -0.295 e. The summed E-state index contributed by atoms with van der Waals surface area (Å²) in [5, 5.41) is 0. The second kappa shape index (κ2) is 4.22. The largest absolute Gasteiger partial charge is 0.295 e. The first kappa shape index (κ1) is 9.97. The predicted octanol–water partition coefficient (Wildman–Crippen LogP) is 2.46. The van der Waals surface area contributed by atoms with Crippen molar-refractivity contribution >= 4 is 0 Å². The van der Waals surface area contributed by atoms with Gasteiger partial charge in [-0.1, -0.05) is 6.92 Å². The van der Waals surface area contributed by atoms with Gasteiger partial charge in [-0.25, -0.2) is 4.39 Å². The van der Waals surface area contributed by atoms with Gasteiger partial charge in [-0.2, -0.15) is 0 Å². The average molecular weight is 173 g/mol. The third kappa shape index (κ3) is 2.19. The van der Waals surface area contributed by atoms with E-state index in [1.54, 1.807) is 0 Å². The lowest BCUT2D eigenvalue weighted by molar-refractivity contribution is 0.0662. The molecular formula is C10H20FN. The molecule has 1 rings (SSSR count). The first-order valence-corrected chi connectivity index (χ1v) is 4.96. The Bertz CT molecular complexity index is 136. The van der Waals surface area contributed by atoms with E-state index in [-0.39, 0.29) is 12.7 Å². The molecule has 1 fully saturated rings. The third-order valence-corrected chi connectivity index (χ3v) is 2.83. The van der Waals surface area contributed by atoms with Crippen LogP contribution in [0.25, 0.3) is 0 Å². The zero-order chi connectivity index (χ0) is 9.14. The zero-order valence-corrected chi connectivity index (χ0v) is 8.39. The van der Waals surface area contributed by atoms with Crippen LogP contribution >= 0.6 is 0 Å². The Morgan fingerprint density at radius 3 is 2.58 bits per heavy atom. The van der Waals surface area contributed by atoms with E-state index in [1.807, 2.05) is 0 Å². The van der Waals surface area contributed by atoms with Gasteiger partial charge in [0.2, 0.25) is 0 Å². The summed E-state index contributed by atoms with van der Waals surface area (Å²) in [7, 11) is 0. The van der Waals surface area contributed by atoms with Gasteiger partial charge in [-0.15, -0.1) is 0 Å². The fourth-order valence-corrected chi connectivity index (χ4v) is 2.04. The van der Waals surface area contributed by atoms with Gasteiger partial charge in [-0.3, -0.25) is 4.90 Å². The fraction of sp³-hybridized carbons (Fsp3) is 1.00. The highest BCUT2D eigenvalue weighted by molar-refractivity contribution is 4.81. The van der Waals surface area contributed by atoms with E-state index in [9.17, 15) is 4.39 Å². The maximum Gasteiger partial charge on any atom is 0.105 e. The van der Waals surface area contributed by atoms with Gasteiger partial charge >= 0.3 is 0 Å². The Morgan fingerprint density at radius 1 is 1.42 bits per heavy atom. The molecule has 0 N–H and O–H groups in total. The molecule has 1 nitrogen and oxygen atoms in total. The molecule has 0 aromatic carbocycles. The molecule has 0 bridgehead atoms. The van der Waals surface area contributed by atoms with E-state index < -0.39 is 0 Å². The molecule has 1 aliphatic rings. The van der Waals surface area contributed by atoms with Crippen LogP contribution in [0.3, 0.4) is 0 Å². The first-order chi connectivity index (χ1) is 5.65. The van der Waals surface area contributed by atoms with Crippen molar-refractivity contribution in [3.8, 4) is 0 Å². The Hall–Kier alpha value is -0.110. The van der Waals surface area contributed by atoms with Crippen molar-refractivity contribution in [2.75, 3.05) is 13.2 Å². The molecule has 12 heavy (non-hydrogen) atoms. The minimum absolute atomic E-state index is 0.176. The molecule has 2 heteroatoms. The highest BCUT2D eigenvalue weighted by Crippen LogP contribution is 2.23.